The van der Waals surface area contributed by atoms with Crippen LogP contribution in [-0.2, 0) is 20.2 Å². The summed E-state index contributed by atoms with van der Waals surface area (Å²) in [6, 6.07) is 13.1. The predicted molar refractivity (Wildman–Crippen MR) is 108 cm³/mol. The second-order valence-electron chi connectivity index (χ2n) is 6.61. The lowest BCUT2D eigenvalue weighted by molar-refractivity contribution is 0.0951. The van der Waals surface area contributed by atoms with Gasteiger partial charge in [-0.1, -0.05) is 25.1 Å². The number of aromatic nitrogens is 2. The van der Waals surface area contributed by atoms with E-state index in [9.17, 15) is 9.90 Å². The number of carbonyl (C=O) groups is 1. The Balaban J connectivity index is 1.75. The molecule has 1 heterocycles. The summed E-state index contributed by atoms with van der Waals surface area (Å²) in [5.74, 6) is 0.550. The van der Waals surface area contributed by atoms with E-state index in [-0.39, 0.29) is 12.5 Å². The number of rotatable bonds is 8. The predicted octanol–water partition coefficient (Wildman–Crippen LogP) is 3.30. The Labute approximate surface area is 164 Å². The fourth-order valence-corrected chi connectivity index (χ4v) is 2.92. The van der Waals surface area contributed by atoms with Gasteiger partial charge in [-0.15, -0.1) is 0 Å². The van der Waals surface area contributed by atoms with Crippen LogP contribution >= 0.6 is 0 Å². The van der Waals surface area contributed by atoms with E-state index in [4.69, 9.17) is 4.74 Å². The molecule has 0 aliphatic rings. The Bertz CT molecular complexity index is 950. The topological polar surface area (TPSA) is 76.4 Å². The minimum atomic E-state index is -0.143. The molecule has 0 aliphatic heterocycles. The number of carbonyl (C=O) groups excluding carboxylic acids is 1. The van der Waals surface area contributed by atoms with Gasteiger partial charge in [0.25, 0.3) is 5.91 Å². The molecule has 6 heteroatoms. The first kappa shape index (κ1) is 19.6. The van der Waals surface area contributed by atoms with Gasteiger partial charge < -0.3 is 15.2 Å². The molecule has 2 N–H and O–H groups in total. The van der Waals surface area contributed by atoms with Crippen molar-refractivity contribution in [2.75, 3.05) is 6.61 Å². The molecule has 6 nitrogen and oxygen atoms in total. The molecule has 1 aromatic heterocycles. The second kappa shape index (κ2) is 9.19. The lowest BCUT2D eigenvalue weighted by Gasteiger charge is -2.12. The Morgan fingerprint density at radius 3 is 2.75 bits per heavy atom. The van der Waals surface area contributed by atoms with Crippen molar-refractivity contribution in [1.29, 1.82) is 0 Å². The molecule has 0 fully saturated rings. The summed E-state index contributed by atoms with van der Waals surface area (Å²) in [6.07, 6.45) is 4.51. The van der Waals surface area contributed by atoms with Gasteiger partial charge in [0, 0.05) is 36.5 Å². The van der Waals surface area contributed by atoms with Gasteiger partial charge in [0.2, 0.25) is 0 Å². The number of aliphatic hydroxyl groups excluding tert-OH is 1. The summed E-state index contributed by atoms with van der Waals surface area (Å²) in [7, 11) is 1.84. The maximum absolute atomic E-state index is 12.5. The summed E-state index contributed by atoms with van der Waals surface area (Å²) < 4.78 is 7.38. The zero-order valence-electron chi connectivity index (χ0n) is 16.2. The number of nitrogens with zero attached hydrogens (tertiary/aromatic N) is 2. The zero-order chi connectivity index (χ0) is 19.9. The smallest absolute Gasteiger partial charge is 0.251 e. The zero-order valence-corrected chi connectivity index (χ0v) is 16.2. The minimum Gasteiger partial charge on any atom is -0.493 e. The van der Waals surface area contributed by atoms with Crippen molar-refractivity contribution in [3.63, 3.8) is 0 Å². The van der Waals surface area contributed by atoms with Crippen LogP contribution < -0.4 is 10.1 Å². The monoisotopic (exact) mass is 379 g/mol. The van der Waals surface area contributed by atoms with Crippen LogP contribution in [0.4, 0.5) is 0 Å². The van der Waals surface area contributed by atoms with E-state index >= 15 is 0 Å². The Kier molecular flexibility index (Phi) is 6.45. The lowest BCUT2D eigenvalue weighted by Crippen LogP contribution is -2.22. The van der Waals surface area contributed by atoms with Crippen molar-refractivity contribution in [2.45, 2.75) is 26.5 Å². The van der Waals surface area contributed by atoms with Gasteiger partial charge in [0.15, 0.2) is 0 Å². The third-order valence-corrected chi connectivity index (χ3v) is 4.36. The SMILES string of the molecule is CCCOc1ccc(-c2cccc(C(=O)NCc3cnn(C)c3)c2)cc1CO. The van der Waals surface area contributed by atoms with E-state index in [2.05, 4.69) is 10.4 Å². The molecule has 28 heavy (non-hydrogen) atoms. The van der Waals surface area contributed by atoms with E-state index in [0.717, 1.165) is 28.7 Å². The molecule has 0 aliphatic carbocycles. The van der Waals surface area contributed by atoms with Gasteiger partial charge in [0.1, 0.15) is 5.75 Å². The number of hydrogen-bond donors (Lipinski definition) is 2. The van der Waals surface area contributed by atoms with Gasteiger partial charge in [-0.25, -0.2) is 0 Å². The molecule has 146 valence electrons. The van der Waals surface area contributed by atoms with Crippen LogP contribution in [0.2, 0.25) is 0 Å². The maximum Gasteiger partial charge on any atom is 0.251 e. The van der Waals surface area contributed by atoms with Crippen LogP contribution in [-0.4, -0.2) is 27.4 Å². The number of aryl methyl sites for hydroxylation is 1. The van der Waals surface area contributed by atoms with Crippen molar-refractivity contribution < 1.29 is 14.6 Å². The van der Waals surface area contributed by atoms with E-state index in [1.54, 1.807) is 16.9 Å². The third kappa shape index (κ3) is 4.78. The number of ether oxygens (including phenoxy) is 1. The maximum atomic E-state index is 12.5. The van der Waals surface area contributed by atoms with Crippen molar-refractivity contribution in [3.05, 3.63) is 71.5 Å². The summed E-state index contributed by atoms with van der Waals surface area (Å²) in [5.41, 5.74) is 4.10. The Morgan fingerprint density at radius 1 is 1.21 bits per heavy atom. The summed E-state index contributed by atoms with van der Waals surface area (Å²) >= 11 is 0. The fourth-order valence-electron chi connectivity index (χ4n) is 2.92. The summed E-state index contributed by atoms with van der Waals surface area (Å²) in [6.45, 7) is 2.98. The average Bonchev–Trinajstić information content (AvgIpc) is 3.15. The molecular weight excluding hydrogens is 354 g/mol. The quantitative estimate of drug-likeness (QED) is 0.630. The number of nitrogens with one attached hydrogen (secondary N) is 1. The molecule has 0 atom stereocenters. The number of benzene rings is 2. The molecule has 2 aromatic carbocycles. The van der Waals surface area contributed by atoms with Crippen LogP contribution in [0.1, 0.15) is 34.8 Å². The molecule has 3 aromatic rings. The molecule has 0 spiro atoms. The molecule has 0 saturated heterocycles. The van der Waals surface area contributed by atoms with Crippen molar-refractivity contribution in [1.82, 2.24) is 15.1 Å². The first-order valence-electron chi connectivity index (χ1n) is 9.33. The van der Waals surface area contributed by atoms with Crippen molar-refractivity contribution >= 4 is 5.91 Å². The molecule has 0 saturated carbocycles. The molecule has 0 bridgehead atoms. The molecule has 0 unspecified atom stereocenters. The van der Waals surface area contributed by atoms with Gasteiger partial charge >= 0.3 is 0 Å². The van der Waals surface area contributed by atoms with E-state index < -0.39 is 0 Å². The van der Waals surface area contributed by atoms with E-state index in [0.29, 0.717) is 24.5 Å². The van der Waals surface area contributed by atoms with Crippen LogP contribution in [0.5, 0.6) is 5.75 Å². The Hall–Kier alpha value is -3.12. The highest BCUT2D eigenvalue weighted by Crippen LogP contribution is 2.27. The lowest BCUT2D eigenvalue weighted by atomic mass is 10.0. The second-order valence-corrected chi connectivity index (χ2v) is 6.61. The molecular formula is C22H25N3O3. The van der Waals surface area contributed by atoms with Gasteiger partial charge in [-0.2, -0.15) is 5.10 Å². The number of aliphatic hydroxyl groups is 1. The highest BCUT2D eigenvalue weighted by molar-refractivity contribution is 5.95. The highest BCUT2D eigenvalue weighted by Gasteiger charge is 2.10. The van der Waals surface area contributed by atoms with Gasteiger partial charge in [-0.3, -0.25) is 9.48 Å². The van der Waals surface area contributed by atoms with E-state index in [1.165, 1.54) is 0 Å². The first-order chi connectivity index (χ1) is 13.6. The van der Waals surface area contributed by atoms with Crippen LogP contribution in [0, 0.1) is 0 Å². The number of amides is 1. The standard InChI is InChI=1S/C22H25N3O3/c1-3-9-28-21-8-7-18(11-20(21)15-26)17-5-4-6-19(10-17)22(27)23-12-16-13-24-25(2)14-16/h4-8,10-11,13-14,26H,3,9,12,15H2,1-2H3,(H,23,27). The average molecular weight is 379 g/mol. The van der Waals surface area contributed by atoms with Crippen molar-refractivity contribution in [2.24, 2.45) is 7.05 Å². The van der Waals surface area contributed by atoms with E-state index in [1.807, 2.05) is 56.6 Å². The summed E-state index contributed by atoms with van der Waals surface area (Å²) in [4.78, 5) is 12.5. The van der Waals surface area contributed by atoms with Crippen LogP contribution in [0.25, 0.3) is 11.1 Å². The molecule has 3 rings (SSSR count). The normalized spacial score (nSPS) is 10.7. The third-order valence-electron chi connectivity index (χ3n) is 4.36. The van der Waals surface area contributed by atoms with Crippen LogP contribution in [0.15, 0.2) is 54.9 Å². The molecule has 0 radical (unpaired) electrons. The van der Waals surface area contributed by atoms with Gasteiger partial charge in [-0.05, 0) is 41.8 Å². The summed E-state index contributed by atoms with van der Waals surface area (Å²) in [5, 5.41) is 16.7. The minimum absolute atomic E-state index is 0.0990. The fraction of sp³-hybridized carbons (Fsp3) is 0.273. The van der Waals surface area contributed by atoms with Crippen molar-refractivity contribution in [3.8, 4) is 16.9 Å². The first-order valence-corrected chi connectivity index (χ1v) is 9.33. The largest absolute Gasteiger partial charge is 0.493 e. The molecule has 1 amide bonds. The highest BCUT2D eigenvalue weighted by atomic mass is 16.5. The number of hydrogen-bond acceptors (Lipinski definition) is 4. The Morgan fingerprint density at radius 2 is 2.04 bits per heavy atom. The van der Waals surface area contributed by atoms with Gasteiger partial charge in [0.05, 0.1) is 19.4 Å². The van der Waals surface area contributed by atoms with Crippen LogP contribution in [0.3, 0.4) is 0 Å².